The van der Waals surface area contributed by atoms with Crippen LogP contribution in [-0.2, 0) is 16.1 Å². The second-order valence-corrected chi connectivity index (χ2v) is 12.3. The van der Waals surface area contributed by atoms with E-state index in [1.807, 2.05) is 43.3 Å². The van der Waals surface area contributed by atoms with Crippen LogP contribution in [0.4, 0.5) is 0 Å². The van der Waals surface area contributed by atoms with Gasteiger partial charge in [0.15, 0.2) is 4.80 Å². The fourth-order valence-electron chi connectivity index (χ4n) is 6.07. The average Bonchev–Trinajstić information content (AvgIpc) is 3.49. The number of aromatic nitrogens is 2. The van der Waals surface area contributed by atoms with Gasteiger partial charge in [0.1, 0.15) is 11.8 Å². The Morgan fingerprint density at radius 2 is 1.82 bits per heavy atom. The summed E-state index contributed by atoms with van der Waals surface area (Å²) in [6, 6.07) is 23.0. The number of hydrogen-bond acceptors (Lipinski definition) is 6. The van der Waals surface area contributed by atoms with Crippen molar-refractivity contribution in [3.05, 3.63) is 131 Å². The lowest BCUT2D eigenvalue weighted by Crippen LogP contribution is -2.40. The van der Waals surface area contributed by atoms with E-state index >= 15 is 0 Å². The number of allylic oxidation sites excluding steroid dienone is 1. The largest absolute Gasteiger partial charge is 0.496 e. The number of hydrogen-bond donors (Lipinski definition) is 0. The van der Waals surface area contributed by atoms with Gasteiger partial charge in [-0.3, -0.25) is 9.36 Å². The number of nitrogens with zero attached hydrogens (tertiary/aromatic N) is 3. The lowest BCUT2D eigenvalue weighted by atomic mass is 9.93. The van der Waals surface area contributed by atoms with Crippen molar-refractivity contribution in [2.24, 2.45) is 4.99 Å². The van der Waals surface area contributed by atoms with Crippen molar-refractivity contribution in [3.63, 3.8) is 0 Å². The minimum absolute atomic E-state index is 0.192. The van der Waals surface area contributed by atoms with Crippen molar-refractivity contribution >= 4 is 45.9 Å². The Bertz CT molecular complexity index is 2130. The first-order chi connectivity index (χ1) is 21.9. The van der Waals surface area contributed by atoms with E-state index < -0.39 is 12.0 Å². The Labute approximate surface area is 270 Å². The van der Waals surface area contributed by atoms with Crippen LogP contribution in [-0.4, -0.2) is 28.8 Å². The van der Waals surface area contributed by atoms with Gasteiger partial charge in [-0.15, -0.1) is 0 Å². The lowest BCUT2D eigenvalue weighted by Gasteiger charge is -2.27. The number of thiazole rings is 1. The van der Waals surface area contributed by atoms with Gasteiger partial charge in [0.2, 0.25) is 0 Å². The third-order valence-corrected chi connectivity index (χ3v) is 9.34. The first-order valence-electron chi connectivity index (χ1n) is 15.0. The van der Waals surface area contributed by atoms with Gasteiger partial charge in [0.25, 0.3) is 5.56 Å². The smallest absolute Gasteiger partial charge is 0.338 e. The predicted molar refractivity (Wildman–Crippen MR) is 180 cm³/mol. The minimum Gasteiger partial charge on any atom is -0.496 e. The molecule has 0 bridgehead atoms. The Hall–Kier alpha value is -4.40. The molecule has 0 saturated carbocycles. The van der Waals surface area contributed by atoms with E-state index in [4.69, 9.17) is 26.1 Å². The molecule has 2 aromatic heterocycles. The number of carbonyl (C=O) groups excluding carboxylic acids is 1. The Kier molecular flexibility index (Phi) is 8.79. The number of halogens is 1. The molecule has 230 valence electrons. The van der Waals surface area contributed by atoms with E-state index in [0.29, 0.717) is 49.9 Å². The number of esters is 1. The van der Waals surface area contributed by atoms with Crippen LogP contribution in [0.1, 0.15) is 55.1 Å². The van der Waals surface area contributed by atoms with Crippen molar-refractivity contribution in [2.75, 3.05) is 13.7 Å². The molecule has 0 unspecified atom stereocenters. The Morgan fingerprint density at radius 3 is 2.56 bits per heavy atom. The SMILES string of the molecule is CCCC1=C(C(=O)OCC)[C@H](c2cc(Cl)ccc2OC)n2c(s/c(=C/c3c(C)n(Cc4ccccc4)c4ccccc34)c2=O)=N1. The van der Waals surface area contributed by atoms with Crippen molar-refractivity contribution in [3.8, 4) is 5.75 Å². The monoisotopic (exact) mass is 639 g/mol. The van der Waals surface area contributed by atoms with Crippen molar-refractivity contribution in [1.82, 2.24) is 9.13 Å². The third kappa shape index (κ3) is 5.64. The van der Waals surface area contributed by atoms with Gasteiger partial charge in [0, 0.05) is 39.3 Å². The number of methoxy groups -OCH3 is 1. The molecule has 0 N–H and O–H groups in total. The summed E-state index contributed by atoms with van der Waals surface area (Å²) >= 11 is 7.81. The van der Waals surface area contributed by atoms with Gasteiger partial charge in [-0.25, -0.2) is 9.79 Å². The number of carbonyl (C=O) groups is 1. The molecule has 0 saturated heterocycles. The quantitative estimate of drug-likeness (QED) is 0.171. The van der Waals surface area contributed by atoms with Crippen LogP contribution in [0.3, 0.4) is 0 Å². The molecule has 3 heterocycles. The van der Waals surface area contributed by atoms with Crippen LogP contribution < -0.4 is 19.6 Å². The summed E-state index contributed by atoms with van der Waals surface area (Å²) in [7, 11) is 1.56. The molecule has 1 aliphatic rings. The van der Waals surface area contributed by atoms with Gasteiger partial charge < -0.3 is 14.0 Å². The molecule has 0 fully saturated rings. The molecule has 0 aliphatic carbocycles. The first kappa shape index (κ1) is 30.6. The molecule has 5 aromatic rings. The summed E-state index contributed by atoms with van der Waals surface area (Å²) in [5.41, 5.74) is 5.59. The van der Waals surface area contributed by atoms with Crippen LogP contribution in [0.5, 0.6) is 5.75 Å². The van der Waals surface area contributed by atoms with E-state index in [-0.39, 0.29) is 12.2 Å². The summed E-state index contributed by atoms with van der Waals surface area (Å²) in [6.07, 6.45) is 3.27. The molecule has 45 heavy (non-hydrogen) atoms. The van der Waals surface area contributed by atoms with E-state index in [9.17, 15) is 9.59 Å². The van der Waals surface area contributed by atoms with Crippen LogP contribution in [0.15, 0.2) is 93.9 Å². The average molecular weight is 640 g/mol. The Morgan fingerprint density at radius 1 is 1.07 bits per heavy atom. The van der Waals surface area contributed by atoms with E-state index in [2.05, 4.69) is 35.8 Å². The second kappa shape index (κ2) is 12.9. The number of ether oxygens (including phenoxy) is 2. The van der Waals surface area contributed by atoms with Crippen LogP contribution in [0.2, 0.25) is 5.02 Å². The topological polar surface area (TPSA) is 74.8 Å². The van der Waals surface area contributed by atoms with E-state index in [0.717, 1.165) is 28.6 Å². The molecule has 7 nitrogen and oxygen atoms in total. The highest BCUT2D eigenvalue weighted by molar-refractivity contribution is 7.07. The van der Waals surface area contributed by atoms with Gasteiger partial charge in [-0.1, -0.05) is 84.8 Å². The maximum Gasteiger partial charge on any atom is 0.338 e. The van der Waals surface area contributed by atoms with Crippen LogP contribution >= 0.6 is 22.9 Å². The van der Waals surface area contributed by atoms with Gasteiger partial charge in [0.05, 0.1) is 29.5 Å². The zero-order valence-corrected chi connectivity index (χ0v) is 27.2. The Balaban J connectivity index is 1.61. The predicted octanol–water partition coefficient (Wildman–Crippen LogP) is 6.55. The van der Waals surface area contributed by atoms with Gasteiger partial charge >= 0.3 is 5.97 Å². The van der Waals surface area contributed by atoms with Crippen LogP contribution in [0, 0.1) is 6.92 Å². The molecular weight excluding hydrogens is 606 g/mol. The highest BCUT2D eigenvalue weighted by Gasteiger charge is 2.36. The zero-order valence-electron chi connectivity index (χ0n) is 25.7. The molecule has 1 aliphatic heterocycles. The second-order valence-electron chi connectivity index (χ2n) is 10.9. The summed E-state index contributed by atoms with van der Waals surface area (Å²) in [6.45, 7) is 6.78. The highest BCUT2D eigenvalue weighted by atomic mass is 35.5. The number of benzene rings is 3. The summed E-state index contributed by atoms with van der Waals surface area (Å²) in [5, 5.41) is 1.52. The maximum atomic E-state index is 14.4. The fraction of sp³-hybridized carbons (Fsp3) is 0.250. The zero-order chi connectivity index (χ0) is 31.7. The van der Waals surface area contributed by atoms with Gasteiger partial charge in [-0.05, 0) is 56.2 Å². The molecular formula is C36H34ClN3O4S. The molecule has 9 heteroatoms. The number of para-hydroxylation sites is 1. The summed E-state index contributed by atoms with van der Waals surface area (Å²) < 4.78 is 15.7. The molecule has 1 atom stereocenters. The number of rotatable bonds is 9. The summed E-state index contributed by atoms with van der Waals surface area (Å²) in [4.78, 5) is 33.4. The maximum absolute atomic E-state index is 14.4. The van der Waals surface area contributed by atoms with Crippen LogP contribution in [0.25, 0.3) is 17.0 Å². The molecule has 3 aromatic carbocycles. The van der Waals surface area contributed by atoms with Gasteiger partial charge in [-0.2, -0.15) is 0 Å². The standard InChI is InChI=1S/C36H34ClN3O4S/c1-5-12-28-32(35(42)44-6-2)33(27-19-24(37)17-18-30(27)43-4)40-34(41)31(45-36(40)38-28)20-26-22(3)39(21-23-13-8-7-9-14-23)29-16-11-10-15-25(26)29/h7-11,13-20,33H,5-6,12,21H2,1-4H3/b31-20+/t33-/m0/s1. The number of fused-ring (bicyclic) bond motifs is 2. The molecule has 6 rings (SSSR count). The fourth-order valence-corrected chi connectivity index (χ4v) is 7.26. The normalized spacial score (nSPS) is 14.9. The summed E-state index contributed by atoms with van der Waals surface area (Å²) in [5.74, 6) is 0.00388. The molecule has 0 amide bonds. The van der Waals surface area contributed by atoms with Crippen molar-refractivity contribution in [1.29, 1.82) is 0 Å². The van der Waals surface area contributed by atoms with E-state index in [1.165, 1.54) is 16.9 Å². The highest BCUT2D eigenvalue weighted by Crippen LogP contribution is 2.38. The van der Waals surface area contributed by atoms with Crippen molar-refractivity contribution < 1.29 is 14.3 Å². The third-order valence-electron chi connectivity index (χ3n) is 8.12. The lowest BCUT2D eigenvalue weighted by molar-refractivity contribution is -0.139. The minimum atomic E-state index is -0.821. The van der Waals surface area contributed by atoms with Crippen molar-refractivity contribution in [2.45, 2.75) is 46.2 Å². The first-order valence-corrected chi connectivity index (χ1v) is 16.2. The molecule has 0 radical (unpaired) electrons. The van der Waals surface area contributed by atoms with E-state index in [1.54, 1.807) is 36.8 Å². The molecule has 0 spiro atoms.